The maximum absolute atomic E-state index is 11.2. The van der Waals surface area contributed by atoms with Gasteiger partial charge in [0, 0.05) is 19.6 Å². The number of carboxylic acids is 1. The molecule has 0 spiro atoms. The summed E-state index contributed by atoms with van der Waals surface area (Å²) in [7, 11) is 0. The molecule has 0 radical (unpaired) electrons. The molecular formula is C21H23NO3. The predicted molar refractivity (Wildman–Crippen MR) is 95.5 cm³/mol. The van der Waals surface area contributed by atoms with Crippen molar-refractivity contribution in [2.24, 2.45) is 5.92 Å². The molecule has 25 heavy (non-hydrogen) atoms. The van der Waals surface area contributed by atoms with Crippen molar-refractivity contribution >= 4 is 5.97 Å². The van der Waals surface area contributed by atoms with Gasteiger partial charge < -0.3 is 9.84 Å². The maximum Gasteiger partial charge on any atom is 0.335 e. The van der Waals surface area contributed by atoms with Gasteiger partial charge in [0.05, 0.1) is 17.8 Å². The number of ether oxygens (including phenoxy) is 1. The Morgan fingerprint density at radius 2 is 1.88 bits per heavy atom. The van der Waals surface area contributed by atoms with Crippen molar-refractivity contribution in [1.29, 1.82) is 0 Å². The lowest BCUT2D eigenvalue weighted by molar-refractivity contribution is -0.0986. The third-order valence-electron chi connectivity index (χ3n) is 5.10. The molecule has 1 aliphatic heterocycles. The standard InChI is InChI=1S/C21H23NO3/c23-21(24)18-8-4-5-15(11-18)12-22-13-19(16-6-2-1-3-7-16)25-20(14-22)17-9-10-17/h1-8,11,17,19-20H,9-10,12-14H2,(H,23,24)/t19-,20+/m0/s1. The summed E-state index contributed by atoms with van der Waals surface area (Å²) in [5.74, 6) is -0.193. The van der Waals surface area contributed by atoms with Crippen LogP contribution in [0.4, 0.5) is 0 Å². The molecule has 4 rings (SSSR count). The summed E-state index contributed by atoms with van der Waals surface area (Å²) < 4.78 is 6.39. The lowest BCUT2D eigenvalue weighted by Crippen LogP contribution is -2.44. The molecule has 4 heteroatoms. The Bertz CT molecular complexity index is 742. The first-order chi connectivity index (χ1) is 12.2. The van der Waals surface area contributed by atoms with E-state index in [1.54, 1.807) is 12.1 Å². The van der Waals surface area contributed by atoms with Gasteiger partial charge in [-0.3, -0.25) is 4.90 Å². The molecule has 1 saturated carbocycles. The van der Waals surface area contributed by atoms with E-state index < -0.39 is 5.97 Å². The molecule has 2 fully saturated rings. The average Bonchev–Trinajstić information content (AvgIpc) is 3.48. The average molecular weight is 337 g/mol. The fraction of sp³-hybridized carbons (Fsp3) is 0.381. The minimum Gasteiger partial charge on any atom is -0.478 e. The van der Waals surface area contributed by atoms with Crippen LogP contribution in [-0.4, -0.2) is 35.2 Å². The Labute approximate surface area is 148 Å². The molecule has 0 amide bonds. The van der Waals surface area contributed by atoms with E-state index in [-0.39, 0.29) is 12.2 Å². The first kappa shape index (κ1) is 16.3. The number of rotatable bonds is 5. The van der Waals surface area contributed by atoms with Crippen molar-refractivity contribution in [2.75, 3.05) is 13.1 Å². The number of carbonyl (C=O) groups is 1. The van der Waals surface area contributed by atoms with Gasteiger partial charge in [-0.15, -0.1) is 0 Å². The highest BCUT2D eigenvalue weighted by atomic mass is 16.5. The van der Waals surface area contributed by atoms with E-state index in [0.717, 1.165) is 25.2 Å². The summed E-state index contributed by atoms with van der Waals surface area (Å²) in [4.78, 5) is 13.6. The fourth-order valence-corrected chi connectivity index (χ4v) is 3.63. The van der Waals surface area contributed by atoms with Crippen molar-refractivity contribution in [1.82, 2.24) is 4.90 Å². The van der Waals surface area contributed by atoms with Gasteiger partial charge in [0.15, 0.2) is 0 Å². The Morgan fingerprint density at radius 3 is 2.60 bits per heavy atom. The van der Waals surface area contributed by atoms with Crippen LogP contribution >= 0.6 is 0 Å². The molecule has 1 N–H and O–H groups in total. The van der Waals surface area contributed by atoms with Crippen LogP contribution in [0.25, 0.3) is 0 Å². The molecular weight excluding hydrogens is 314 g/mol. The van der Waals surface area contributed by atoms with E-state index >= 15 is 0 Å². The minimum absolute atomic E-state index is 0.0863. The van der Waals surface area contributed by atoms with Gasteiger partial charge >= 0.3 is 5.97 Å². The molecule has 1 aliphatic carbocycles. The van der Waals surface area contributed by atoms with E-state index in [2.05, 4.69) is 29.2 Å². The van der Waals surface area contributed by atoms with Gasteiger partial charge in [0.2, 0.25) is 0 Å². The third kappa shape index (κ3) is 3.91. The van der Waals surface area contributed by atoms with Crippen molar-refractivity contribution in [3.8, 4) is 0 Å². The van der Waals surface area contributed by atoms with E-state index in [4.69, 9.17) is 4.74 Å². The van der Waals surface area contributed by atoms with E-state index in [0.29, 0.717) is 11.5 Å². The summed E-state index contributed by atoms with van der Waals surface area (Å²) in [5, 5.41) is 9.20. The number of morpholine rings is 1. The van der Waals surface area contributed by atoms with E-state index in [9.17, 15) is 9.90 Å². The highest BCUT2D eigenvalue weighted by Gasteiger charge is 2.38. The lowest BCUT2D eigenvalue weighted by Gasteiger charge is -2.38. The van der Waals surface area contributed by atoms with Gasteiger partial charge in [0.1, 0.15) is 0 Å². The number of benzene rings is 2. The van der Waals surface area contributed by atoms with Crippen LogP contribution in [0, 0.1) is 5.92 Å². The van der Waals surface area contributed by atoms with Crippen LogP contribution in [0.2, 0.25) is 0 Å². The van der Waals surface area contributed by atoms with Crippen molar-refractivity contribution < 1.29 is 14.6 Å². The minimum atomic E-state index is -0.873. The van der Waals surface area contributed by atoms with Gasteiger partial charge in [-0.05, 0) is 42.0 Å². The molecule has 2 atom stereocenters. The smallest absolute Gasteiger partial charge is 0.335 e. The van der Waals surface area contributed by atoms with Crippen LogP contribution < -0.4 is 0 Å². The molecule has 2 aromatic carbocycles. The molecule has 0 unspecified atom stereocenters. The monoisotopic (exact) mass is 337 g/mol. The first-order valence-corrected chi connectivity index (χ1v) is 8.94. The maximum atomic E-state index is 11.2. The zero-order valence-corrected chi connectivity index (χ0v) is 14.2. The predicted octanol–water partition coefficient (Wildman–Crippen LogP) is 3.74. The summed E-state index contributed by atoms with van der Waals surface area (Å²) in [6, 6.07) is 17.6. The van der Waals surface area contributed by atoms with Gasteiger partial charge in [-0.25, -0.2) is 4.79 Å². The molecule has 1 heterocycles. The molecule has 0 bridgehead atoms. The number of hydrogen-bond acceptors (Lipinski definition) is 3. The van der Waals surface area contributed by atoms with Gasteiger partial charge in [0.25, 0.3) is 0 Å². The normalized spacial score (nSPS) is 24.2. The van der Waals surface area contributed by atoms with Crippen LogP contribution in [-0.2, 0) is 11.3 Å². The second-order valence-electron chi connectivity index (χ2n) is 7.11. The molecule has 130 valence electrons. The van der Waals surface area contributed by atoms with Crippen LogP contribution in [0.15, 0.2) is 54.6 Å². The number of hydrogen-bond donors (Lipinski definition) is 1. The molecule has 1 saturated heterocycles. The summed E-state index contributed by atoms with van der Waals surface area (Å²) in [5.41, 5.74) is 2.62. The SMILES string of the molecule is O=C(O)c1cccc(CN2C[C@@H](c3ccccc3)O[C@@H](C3CC3)C2)c1. The Morgan fingerprint density at radius 1 is 1.08 bits per heavy atom. The highest BCUT2D eigenvalue weighted by molar-refractivity contribution is 5.87. The number of nitrogens with zero attached hydrogens (tertiary/aromatic N) is 1. The second kappa shape index (κ2) is 6.98. The molecule has 2 aliphatic rings. The zero-order valence-electron chi connectivity index (χ0n) is 14.2. The van der Waals surface area contributed by atoms with Crippen LogP contribution in [0.3, 0.4) is 0 Å². The van der Waals surface area contributed by atoms with Gasteiger partial charge in [-0.2, -0.15) is 0 Å². The molecule has 0 aromatic heterocycles. The Hall–Kier alpha value is -2.17. The molecule has 2 aromatic rings. The second-order valence-corrected chi connectivity index (χ2v) is 7.11. The third-order valence-corrected chi connectivity index (χ3v) is 5.10. The number of aromatic carboxylic acids is 1. The highest BCUT2D eigenvalue weighted by Crippen LogP contribution is 2.39. The quantitative estimate of drug-likeness (QED) is 0.903. The lowest BCUT2D eigenvalue weighted by atomic mass is 10.0. The summed E-state index contributed by atoms with van der Waals surface area (Å²) in [6.45, 7) is 2.52. The first-order valence-electron chi connectivity index (χ1n) is 8.94. The van der Waals surface area contributed by atoms with E-state index in [1.807, 2.05) is 18.2 Å². The van der Waals surface area contributed by atoms with Crippen molar-refractivity contribution in [3.63, 3.8) is 0 Å². The van der Waals surface area contributed by atoms with Gasteiger partial charge in [-0.1, -0.05) is 42.5 Å². The zero-order chi connectivity index (χ0) is 17.2. The largest absolute Gasteiger partial charge is 0.478 e. The van der Waals surface area contributed by atoms with E-state index in [1.165, 1.54) is 18.4 Å². The molecule has 4 nitrogen and oxygen atoms in total. The van der Waals surface area contributed by atoms with Crippen LogP contribution in [0.5, 0.6) is 0 Å². The van der Waals surface area contributed by atoms with Crippen LogP contribution in [0.1, 0.15) is 40.4 Å². The Kier molecular flexibility index (Phi) is 4.55. The summed E-state index contributed by atoms with van der Waals surface area (Å²) >= 11 is 0. The Balaban J connectivity index is 1.51. The topological polar surface area (TPSA) is 49.8 Å². The van der Waals surface area contributed by atoms with Crippen molar-refractivity contribution in [2.45, 2.75) is 31.6 Å². The van der Waals surface area contributed by atoms with Crippen molar-refractivity contribution in [3.05, 3.63) is 71.3 Å². The number of carboxylic acid groups (broad SMARTS) is 1. The summed E-state index contributed by atoms with van der Waals surface area (Å²) in [6.07, 6.45) is 2.88. The fourth-order valence-electron chi connectivity index (χ4n) is 3.63.